The summed E-state index contributed by atoms with van der Waals surface area (Å²) in [6.07, 6.45) is -2.01. The van der Waals surface area contributed by atoms with Gasteiger partial charge in [-0.15, -0.1) is 0 Å². The van der Waals surface area contributed by atoms with E-state index in [4.69, 9.17) is 0 Å². The molecule has 1 heterocycles. The topological polar surface area (TPSA) is 75.7 Å². The van der Waals surface area contributed by atoms with Gasteiger partial charge in [-0.25, -0.2) is 21.6 Å². The lowest BCUT2D eigenvalue weighted by Gasteiger charge is -2.23. The maximum absolute atomic E-state index is 14.0. The molecule has 31 heavy (non-hydrogen) atoms. The van der Waals surface area contributed by atoms with Crippen molar-refractivity contribution in [2.45, 2.75) is 36.7 Å². The predicted octanol–water partition coefficient (Wildman–Crippen LogP) is 2.98. The van der Waals surface area contributed by atoms with Crippen molar-refractivity contribution >= 4 is 15.9 Å². The van der Waals surface area contributed by atoms with Crippen LogP contribution in [-0.4, -0.2) is 44.0 Å². The zero-order chi connectivity index (χ0) is 22.8. The molecule has 1 aliphatic heterocycles. The van der Waals surface area contributed by atoms with E-state index in [-0.39, 0.29) is 17.0 Å². The number of nitrogens with zero attached hydrogens (tertiary/aromatic N) is 1. The number of carbonyl (C=O) groups excluding carboxylic acids is 1. The van der Waals surface area contributed by atoms with Crippen LogP contribution in [0.3, 0.4) is 0 Å². The van der Waals surface area contributed by atoms with Gasteiger partial charge in [0.2, 0.25) is 15.9 Å². The third-order valence-electron chi connectivity index (χ3n) is 4.55. The van der Waals surface area contributed by atoms with Crippen molar-refractivity contribution in [3.05, 3.63) is 59.7 Å². The summed E-state index contributed by atoms with van der Waals surface area (Å²) in [7, 11) is -4.29. The van der Waals surface area contributed by atoms with Gasteiger partial charge < -0.3 is 10.1 Å². The van der Waals surface area contributed by atoms with Crippen molar-refractivity contribution in [1.29, 1.82) is 0 Å². The van der Waals surface area contributed by atoms with Gasteiger partial charge in [0.05, 0.1) is 4.90 Å². The van der Waals surface area contributed by atoms with Crippen molar-refractivity contribution in [3.8, 4) is 5.75 Å². The van der Waals surface area contributed by atoms with Gasteiger partial charge >= 0.3 is 6.61 Å². The molecule has 0 aliphatic carbocycles. The molecule has 0 bridgehead atoms. The first-order chi connectivity index (χ1) is 14.6. The van der Waals surface area contributed by atoms with Crippen LogP contribution in [0, 0.1) is 11.6 Å². The minimum atomic E-state index is -4.29. The second kappa shape index (κ2) is 9.18. The van der Waals surface area contributed by atoms with Crippen LogP contribution >= 0.6 is 0 Å². The van der Waals surface area contributed by atoms with Crippen molar-refractivity contribution in [2.24, 2.45) is 0 Å². The molecule has 1 amide bonds. The molecule has 1 fully saturated rings. The zero-order valence-corrected chi connectivity index (χ0v) is 16.6. The Morgan fingerprint density at radius 3 is 2.45 bits per heavy atom. The highest BCUT2D eigenvalue weighted by molar-refractivity contribution is 7.89. The number of halogens is 5. The summed E-state index contributed by atoms with van der Waals surface area (Å²) in [6, 6.07) is 5.25. The maximum Gasteiger partial charge on any atom is 0.387 e. The molecule has 2 atom stereocenters. The van der Waals surface area contributed by atoms with E-state index in [1.54, 1.807) is 0 Å². The molecule has 12 heteroatoms. The van der Waals surface area contributed by atoms with Gasteiger partial charge in [-0.3, -0.25) is 4.79 Å². The number of alkyl halides is 3. The number of hydrogen-bond acceptors (Lipinski definition) is 4. The van der Waals surface area contributed by atoms with Crippen molar-refractivity contribution in [2.75, 3.05) is 6.54 Å². The summed E-state index contributed by atoms with van der Waals surface area (Å²) in [6.45, 7) is -4.08. The smallest absolute Gasteiger partial charge is 0.387 e. The molecule has 1 aliphatic rings. The van der Waals surface area contributed by atoms with Crippen LogP contribution in [0.1, 0.15) is 12.0 Å². The van der Waals surface area contributed by atoms with Crippen molar-refractivity contribution in [1.82, 2.24) is 9.62 Å². The van der Waals surface area contributed by atoms with Crippen LogP contribution in [0.2, 0.25) is 0 Å². The summed E-state index contributed by atoms with van der Waals surface area (Å²) in [5.74, 6) is -2.85. The van der Waals surface area contributed by atoms with Crippen LogP contribution in [0.5, 0.6) is 5.75 Å². The number of carbonyl (C=O) groups is 1. The largest absolute Gasteiger partial charge is 0.435 e. The lowest BCUT2D eigenvalue weighted by atomic mass is 10.1. The molecule has 0 spiro atoms. The van der Waals surface area contributed by atoms with E-state index in [1.165, 1.54) is 0 Å². The monoisotopic (exact) mass is 464 g/mol. The van der Waals surface area contributed by atoms with Crippen LogP contribution in [-0.2, 0) is 21.4 Å². The Morgan fingerprint density at radius 1 is 1.13 bits per heavy atom. The van der Waals surface area contributed by atoms with E-state index in [1.807, 2.05) is 0 Å². The fraction of sp³-hybridized carbons (Fsp3) is 0.316. The second-order valence-electron chi connectivity index (χ2n) is 6.77. The Balaban J connectivity index is 1.74. The number of nitrogens with one attached hydrogen (secondary N) is 1. The average molecular weight is 464 g/mol. The molecule has 0 aromatic heterocycles. The van der Waals surface area contributed by atoms with Gasteiger partial charge in [0.1, 0.15) is 29.6 Å². The van der Waals surface area contributed by atoms with E-state index < -0.39 is 65.1 Å². The summed E-state index contributed by atoms with van der Waals surface area (Å²) < 4.78 is 95.7. The molecular formula is C19H17F5N2O4S. The van der Waals surface area contributed by atoms with Crippen molar-refractivity contribution < 1.29 is 39.9 Å². The number of rotatable bonds is 7. The van der Waals surface area contributed by atoms with Gasteiger partial charge in [0.25, 0.3) is 0 Å². The Labute approximate surface area is 174 Å². The Bertz CT molecular complexity index is 1050. The van der Waals surface area contributed by atoms with Crippen LogP contribution in [0.4, 0.5) is 22.0 Å². The van der Waals surface area contributed by atoms with Crippen molar-refractivity contribution in [3.63, 3.8) is 0 Å². The number of hydrogen-bond donors (Lipinski definition) is 1. The summed E-state index contributed by atoms with van der Waals surface area (Å²) >= 11 is 0. The summed E-state index contributed by atoms with van der Waals surface area (Å²) in [5, 5.41) is 2.35. The standard InChI is InChI=1S/C19H17F5N2O4S/c20-12-1-3-16(4-2-12)31(28,29)26-10-14(22)8-17(26)18(27)25-9-11-5-13(21)7-15(6-11)30-19(23)24/h1-7,14,17,19H,8-10H2,(H,25,27)/t14-,17+/m1/s1. The molecule has 6 nitrogen and oxygen atoms in total. The number of amides is 1. The predicted molar refractivity (Wildman–Crippen MR) is 98.5 cm³/mol. The quantitative estimate of drug-likeness (QED) is 0.640. The number of ether oxygens (including phenoxy) is 1. The Kier molecular flexibility index (Phi) is 6.80. The maximum atomic E-state index is 14.0. The molecule has 2 aromatic carbocycles. The minimum Gasteiger partial charge on any atom is -0.435 e. The number of benzene rings is 2. The van der Waals surface area contributed by atoms with Gasteiger partial charge in [-0.2, -0.15) is 13.1 Å². The first kappa shape index (κ1) is 22.9. The third-order valence-corrected chi connectivity index (χ3v) is 6.44. The highest BCUT2D eigenvalue weighted by Gasteiger charge is 2.44. The molecule has 0 saturated carbocycles. The van der Waals surface area contributed by atoms with E-state index in [9.17, 15) is 35.2 Å². The molecular weight excluding hydrogens is 447 g/mol. The molecule has 0 unspecified atom stereocenters. The first-order valence-electron chi connectivity index (χ1n) is 8.99. The second-order valence-corrected chi connectivity index (χ2v) is 8.66. The molecule has 1 N–H and O–H groups in total. The van der Waals surface area contributed by atoms with E-state index >= 15 is 0 Å². The fourth-order valence-electron chi connectivity index (χ4n) is 3.20. The molecule has 1 saturated heterocycles. The normalized spacial score (nSPS) is 19.5. The van der Waals surface area contributed by atoms with Gasteiger partial charge in [0, 0.05) is 25.6 Å². The molecule has 0 radical (unpaired) electrons. The zero-order valence-electron chi connectivity index (χ0n) is 15.8. The lowest BCUT2D eigenvalue weighted by molar-refractivity contribution is -0.124. The average Bonchev–Trinajstić information content (AvgIpc) is 3.08. The Hall–Kier alpha value is -2.73. The summed E-state index contributed by atoms with van der Waals surface area (Å²) in [4.78, 5) is 12.3. The Morgan fingerprint density at radius 2 is 1.81 bits per heavy atom. The molecule has 2 aromatic rings. The number of sulfonamides is 1. The summed E-state index contributed by atoms with van der Waals surface area (Å²) in [5.41, 5.74) is 0.0757. The SMILES string of the molecule is O=C(NCc1cc(F)cc(OC(F)F)c1)[C@@H]1C[C@@H](F)CN1S(=O)(=O)c1ccc(F)cc1. The molecule has 168 valence electrons. The van der Waals surface area contributed by atoms with Gasteiger partial charge in [-0.05, 0) is 42.0 Å². The van der Waals surface area contributed by atoms with Crippen LogP contribution in [0.25, 0.3) is 0 Å². The van der Waals surface area contributed by atoms with Crippen LogP contribution in [0.15, 0.2) is 47.4 Å². The fourth-order valence-corrected chi connectivity index (χ4v) is 4.83. The van der Waals surface area contributed by atoms with E-state index in [2.05, 4.69) is 10.1 Å². The van der Waals surface area contributed by atoms with Gasteiger partial charge in [-0.1, -0.05) is 0 Å². The van der Waals surface area contributed by atoms with E-state index in [0.29, 0.717) is 4.31 Å². The van der Waals surface area contributed by atoms with E-state index in [0.717, 1.165) is 42.5 Å². The molecule has 3 rings (SSSR count). The minimum absolute atomic E-state index is 0.0757. The highest BCUT2D eigenvalue weighted by Crippen LogP contribution is 2.28. The lowest BCUT2D eigenvalue weighted by Crippen LogP contribution is -2.45. The highest BCUT2D eigenvalue weighted by atomic mass is 32.2. The third kappa shape index (κ3) is 5.50. The van der Waals surface area contributed by atoms with Crippen LogP contribution < -0.4 is 10.1 Å². The van der Waals surface area contributed by atoms with Gasteiger partial charge in [0.15, 0.2) is 0 Å². The first-order valence-corrected chi connectivity index (χ1v) is 10.4.